The largest absolute Gasteiger partial charge is 0.320 e. The standard InChI is InChI=1S/C19H13Cl2FN2O2/c20-14-7-3-8-16(22)13(14)11-24-10-4-5-12(19(24)26)18(25)23-17-9-2-1-6-15(17)21/h1-10H,11H2,(H,23,25). The molecule has 3 rings (SSSR count). The van der Waals surface area contributed by atoms with Crippen LogP contribution in [0.1, 0.15) is 15.9 Å². The van der Waals surface area contributed by atoms with E-state index in [9.17, 15) is 14.0 Å². The Bertz CT molecular complexity index is 1010. The summed E-state index contributed by atoms with van der Waals surface area (Å²) in [6, 6.07) is 13.9. The third-order valence-corrected chi connectivity index (χ3v) is 4.46. The summed E-state index contributed by atoms with van der Waals surface area (Å²) in [5.74, 6) is -1.12. The zero-order chi connectivity index (χ0) is 18.7. The Hall–Kier alpha value is -2.63. The van der Waals surface area contributed by atoms with E-state index < -0.39 is 17.3 Å². The van der Waals surface area contributed by atoms with E-state index in [0.717, 1.165) is 0 Å². The molecule has 2 aromatic carbocycles. The highest BCUT2D eigenvalue weighted by Crippen LogP contribution is 2.21. The Kier molecular flexibility index (Phi) is 5.40. The van der Waals surface area contributed by atoms with E-state index in [1.807, 2.05) is 0 Å². The minimum atomic E-state index is -0.600. The normalized spacial score (nSPS) is 10.6. The van der Waals surface area contributed by atoms with Gasteiger partial charge < -0.3 is 9.88 Å². The van der Waals surface area contributed by atoms with Gasteiger partial charge in [-0.2, -0.15) is 0 Å². The van der Waals surface area contributed by atoms with Crippen LogP contribution in [0.25, 0.3) is 0 Å². The number of hydrogen-bond donors (Lipinski definition) is 1. The maximum absolute atomic E-state index is 14.0. The monoisotopic (exact) mass is 390 g/mol. The molecule has 3 aromatic rings. The maximum atomic E-state index is 14.0. The van der Waals surface area contributed by atoms with Crippen molar-refractivity contribution in [1.82, 2.24) is 4.57 Å². The first-order valence-electron chi connectivity index (χ1n) is 7.65. The Morgan fingerprint density at radius 3 is 2.46 bits per heavy atom. The van der Waals surface area contributed by atoms with Crippen LogP contribution in [0.3, 0.4) is 0 Å². The summed E-state index contributed by atoms with van der Waals surface area (Å²) < 4.78 is 15.2. The number of hydrogen-bond acceptors (Lipinski definition) is 2. The number of benzene rings is 2. The lowest BCUT2D eigenvalue weighted by atomic mass is 10.2. The molecule has 0 atom stereocenters. The fraction of sp³-hybridized carbons (Fsp3) is 0.0526. The SMILES string of the molecule is O=C(Nc1ccccc1Cl)c1cccn(Cc2c(F)cccc2Cl)c1=O. The molecule has 0 fully saturated rings. The molecule has 1 amide bonds. The summed E-state index contributed by atoms with van der Waals surface area (Å²) in [6.07, 6.45) is 1.47. The quantitative estimate of drug-likeness (QED) is 0.707. The minimum absolute atomic E-state index is 0.0834. The van der Waals surface area contributed by atoms with E-state index in [2.05, 4.69) is 5.32 Å². The fourth-order valence-corrected chi connectivity index (χ4v) is 2.85. The number of pyridine rings is 1. The van der Waals surface area contributed by atoms with Crippen LogP contribution in [0.5, 0.6) is 0 Å². The molecule has 0 aliphatic rings. The van der Waals surface area contributed by atoms with E-state index in [1.54, 1.807) is 30.3 Å². The number of nitrogens with one attached hydrogen (secondary N) is 1. The van der Waals surface area contributed by atoms with Crippen LogP contribution in [0, 0.1) is 5.82 Å². The number of rotatable bonds is 4. The van der Waals surface area contributed by atoms with Crippen molar-refractivity contribution in [1.29, 1.82) is 0 Å². The molecule has 0 bridgehead atoms. The van der Waals surface area contributed by atoms with Crippen LogP contribution in [-0.4, -0.2) is 10.5 Å². The first-order valence-corrected chi connectivity index (χ1v) is 8.41. The molecule has 0 saturated heterocycles. The Morgan fingerprint density at radius 1 is 1.00 bits per heavy atom. The molecular weight excluding hydrogens is 378 g/mol. The van der Waals surface area contributed by atoms with Crippen molar-refractivity contribution in [3.63, 3.8) is 0 Å². The zero-order valence-electron chi connectivity index (χ0n) is 13.4. The highest BCUT2D eigenvalue weighted by Gasteiger charge is 2.15. The zero-order valence-corrected chi connectivity index (χ0v) is 14.9. The Labute approximate surface area is 158 Å². The lowest BCUT2D eigenvalue weighted by molar-refractivity contribution is 0.102. The van der Waals surface area contributed by atoms with Crippen LogP contribution in [0.15, 0.2) is 65.6 Å². The molecule has 0 radical (unpaired) electrons. The number of carbonyl (C=O) groups is 1. The smallest absolute Gasteiger partial charge is 0.263 e. The van der Waals surface area contributed by atoms with Crippen LogP contribution in [0.4, 0.5) is 10.1 Å². The lowest BCUT2D eigenvalue weighted by Crippen LogP contribution is -2.29. The molecular formula is C19H13Cl2FN2O2. The average molecular weight is 391 g/mol. The molecule has 4 nitrogen and oxygen atoms in total. The summed E-state index contributed by atoms with van der Waals surface area (Å²) in [7, 11) is 0. The van der Waals surface area contributed by atoms with E-state index in [4.69, 9.17) is 23.2 Å². The second-order valence-electron chi connectivity index (χ2n) is 5.49. The summed E-state index contributed by atoms with van der Waals surface area (Å²) in [4.78, 5) is 25.1. The predicted octanol–water partition coefficient (Wildman–Crippen LogP) is 4.59. The molecule has 0 spiro atoms. The number of nitrogens with zero attached hydrogens (tertiary/aromatic N) is 1. The van der Waals surface area contributed by atoms with Gasteiger partial charge in [-0.3, -0.25) is 9.59 Å². The number of para-hydroxylation sites is 1. The van der Waals surface area contributed by atoms with Gasteiger partial charge in [0.1, 0.15) is 11.4 Å². The van der Waals surface area contributed by atoms with Crippen molar-refractivity contribution in [2.45, 2.75) is 6.54 Å². The minimum Gasteiger partial charge on any atom is -0.320 e. The summed E-state index contributed by atoms with van der Waals surface area (Å²) in [5, 5.41) is 3.16. The van der Waals surface area contributed by atoms with Gasteiger partial charge >= 0.3 is 0 Å². The number of amides is 1. The summed E-state index contributed by atoms with van der Waals surface area (Å²) >= 11 is 12.0. The van der Waals surface area contributed by atoms with Crippen LogP contribution in [-0.2, 0) is 6.54 Å². The van der Waals surface area contributed by atoms with E-state index in [-0.39, 0.29) is 22.7 Å². The summed E-state index contributed by atoms with van der Waals surface area (Å²) in [5.41, 5.74) is -0.0673. The van der Waals surface area contributed by atoms with Crippen LogP contribution in [0.2, 0.25) is 10.0 Å². The Balaban J connectivity index is 1.91. The Morgan fingerprint density at radius 2 is 1.73 bits per heavy atom. The van der Waals surface area contributed by atoms with Crippen molar-refractivity contribution in [2.75, 3.05) is 5.32 Å². The number of carbonyl (C=O) groups excluding carboxylic acids is 1. The lowest BCUT2D eigenvalue weighted by Gasteiger charge is -2.11. The molecule has 1 aromatic heterocycles. The molecule has 0 aliphatic carbocycles. The number of aromatic nitrogens is 1. The fourth-order valence-electron chi connectivity index (χ4n) is 2.44. The second kappa shape index (κ2) is 7.72. The molecule has 0 saturated carbocycles. The first-order chi connectivity index (χ1) is 12.5. The van der Waals surface area contributed by atoms with Crippen LogP contribution >= 0.6 is 23.2 Å². The molecule has 0 unspecified atom stereocenters. The highest BCUT2D eigenvalue weighted by molar-refractivity contribution is 6.33. The van der Waals surface area contributed by atoms with Crippen molar-refractivity contribution in [3.8, 4) is 0 Å². The van der Waals surface area contributed by atoms with Crippen molar-refractivity contribution in [3.05, 3.63) is 98.1 Å². The van der Waals surface area contributed by atoms with Gasteiger partial charge in [0, 0.05) is 16.8 Å². The molecule has 1 N–H and O–H groups in total. The van der Waals surface area contributed by atoms with Crippen molar-refractivity contribution >= 4 is 34.8 Å². The van der Waals surface area contributed by atoms with E-state index >= 15 is 0 Å². The van der Waals surface area contributed by atoms with Gasteiger partial charge in [-0.15, -0.1) is 0 Å². The van der Waals surface area contributed by atoms with Gasteiger partial charge in [-0.25, -0.2) is 4.39 Å². The maximum Gasteiger partial charge on any atom is 0.263 e. The van der Waals surface area contributed by atoms with Gasteiger partial charge in [0.25, 0.3) is 11.5 Å². The second-order valence-corrected chi connectivity index (χ2v) is 6.30. The molecule has 26 heavy (non-hydrogen) atoms. The topological polar surface area (TPSA) is 51.1 Å². The first kappa shape index (κ1) is 18.2. The average Bonchev–Trinajstić information content (AvgIpc) is 2.61. The summed E-state index contributed by atoms with van der Waals surface area (Å²) in [6.45, 7) is -0.0858. The van der Waals surface area contributed by atoms with Gasteiger partial charge in [0.05, 0.1) is 17.3 Å². The van der Waals surface area contributed by atoms with Crippen molar-refractivity contribution < 1.29 is 9.18 Å². The van der Waals surface area contributed by atoms with E-state index in [0.29, 0.717) is 10.7 Å². The van der Waals surface area contributed by atoms with E-state index in [1.165, 1.54) is 35.0 Å². The number of anilines is 1. The molecule has 132 valence electrons. The number of halogens is 3. The van der Waals surface area contributed by atoms with Gasteiger partial charge in [-0.1, -0.05) is 41.4 Å². The van der Waals surface area contributed by atoms with Gasteiger partial charge in [-0.05, 0) is 36.4 Å². The molecule has 7 heteroatoms. The molecule has 1 heterocycles. The van der Waals surface area contributed by atoms with Gasteiger partial charge in [0.2, 0.25) is 0 Å². The predicted molar refractivity (Wildman–Crippen MR) is 101 cm³/mol. The third kappa shape index (κ3) is 3.79. The highest BCUT2D eigenvalue weighted by atomic mass is 35.5. The van der Waals surface area contributed by atoms with Gasteiger partial charge in [0.15, 0.2) is 0 Å². The third-order valence-electron chi connectivity index (χ3n) is 3.78. The molecule has 0 aliphatic heterocycles. The van der Waals surface area contributed by atoms with Crippen molar-refractivity contribution in [2.24, 2.45) is 0 Å². The van der Waals surface area contributed by atoms with Crippen LogP contribution < -0.4 is 10.9 Å².